The zero-order chi connectivity index (χ0) is 16.4. The molecule has 4 rings (SSSR count). The predicted octanol–water partition coefficient (Wildman–Crippen LogP) is 2.52. The molecule has 132 valence electrons. The first-order valence-corrected chi connectivity index (χ1v) is 9.57. The van der Waals surface area contributed by atoms with Crippen molar-refractivity contribution in [2.45, 2.75) is 37.6 Å². The predicted molar refractivity (Wildman–Crippen MR) is 95.9 cm³/mol. The Morgan fingerprint density at radius 2 is 2.00 bits per heavy atom. The molecule has 0 saturated carbocycles. The molecule has 24 heavy (non-hydrogen) atoms. The fourth-order valence-corrected chi connectivity index (χ4v) is 4.94. The van der Waals surface area contributed by atoms with Crippen LogP contribution in [0, 0.1) is 0 Å². The maximum absolute atomic E-state index is 5.59. The van der Waals surface area contributed by atoms with Crippen LogP contribution in [0.2, 0.25) is 0 Å². The van der Waals surface area contributed by atoms with E-state index in [1.807, 2.05) is 0 Å². The third-order valence-electron chi connectivity index (χ3n) is 6.16. The first-order valence-electron chi connectivity index (χ1n) is 9.57. The fourth-order valence-electron chi connectivity index (χ4n) is 4.94. The van der Waals surface area contributed by atoms with Crippen molar-refractivity contribution < 1.29 is 9.47 Å². The van der Waals surface area contributed by atoms with Gasteiger partial charge in [-0.2, -0.15) is 0 Å². The molecule has 0 radical (unpaired) electrons. The molecule has 2 aliphatic heterocycles. The molecule has 0 bridgehead atoms. The quantitative estimate of drug-likeness (QED) is 0.828. The summed E-state index contributed by atoms with van der Waals surface area (Å²) < 4.78 is 11.0. The Bertz CT molecular complexity index is 557. The van der Waals surface area contributed by atoms with E-state index >= 15 is 0 Å². The lowest BCUT2D eigenvalue weighted by Crippen LogP contribution is -2.40. The second-order valence-corrected chi connectivity index (χ2v) is 7.37. The maximum Gasteiger partial charge on any atom is 0.122 e. The van der Waals surface area contributed by atoms with Crippen LogP contribution in [-0.4, -0.2) is 68.9 Å². The molecule has 0 aromatic heterocycles. The Morgan fingerprint density at radius 1 is 1.12 bits per heavy atom. The average Bonchev–Trinajstić information content (AvgIpc) is 3.05. The highest BCUT2D eigenvalue weighted by molar-refractivity contribution is 5.45. The van der Waals surface area contributed by atoms with Crippen molar-refractivity contribution in [3.05, 3.63) is 29.3 Å². The smallest absolute Gasteiger partial charge is 0.122 e. The summed E-state index contributed by atoms with van der Waals surface area (Å²) in [6.45, 7) is 7.77. The van der Waals surface area contributed by atoms with Crippen molar-refractivity contribution >= 4 is 0 Å². The van der Waals surface area contributed by atoms with E-state index in [1.165, 1.54) is 50.9 Å². The van der Waals surface area contributed by atoms with Crippen LogP contribution in [0.1, 0.15) is 36.3 Å². The molecule has 2 fully saturated rings. The molecular weight excluding hydrogens is 300 g/mol. The summed E-state index contributed by atoms with van der Waals surface area (Å²) in [6, 6.07) is 7.37. The Kier molecular flexibility index (Phi) is 5.06. The van der Waals surface area contributed by atoms with Crippen molar-refractivity contribution in [3.8, 4) is 5.75 Å². The average molecular weight is 330 g/mol. The fraction of sp³-hybridized carbons (Fsp3) is 0.700. The number of hydrogen-bond donors (Lipinski definition) is 0. The molecular formula is C20H30N2O2. The molecule has 2 heterocycles. The third-order valence-corrected chi connectivity index (χ3v) is 6.16. The van der Waals surface area contributed by atoms with E-state index in [9.17, 15) is 0 Å². The monoisotopic (exact) mass is 330 g/mol. The lowest BCUT2D eigenvalue weighted by molar-refractivity contribution is 0.0358. The minimum atomic E-state index is 0.715. The van der Waals surface area contributed by atoms with Gasteiger partial charge in [0.15, 0.2) is 0 Å². The highest BCUT2D eigenvalue weighted by atomic mass is 16.5. The molecule has 1 aliphatic carbocycles. The molecule has 0 amide bonds. The van der Waals surface area contributed by atoms with E-state index in [2.05, 4.69) is 28.0 Å². The molecule has 0 spiro atoms. The molecule has 3 aliphatic rings. The largest absolute Gasteiger partial charge is 0.496 e. The van der Waals surface area contributed by atoms with Crippen LogP contribution in [0.25, 0.3) is 0 Å². The van der Waals surface area contributed by atoms with Crippen molar-refractivity contribution in [2.24, 2.45) is 0 Å². The third kappa shape index (κ3) is 3.19. The zero-order valence-corrected chi connectivity index (χ0v) is 14.9. The summed E-state index contributed by atoms with van der Waals surface area (Å²) >= 11 is 0. The summed E-state index contributed by atoms with van der Waals surface area (Å²) in [5.74, 6) is 1.81. The Morgan fingerprint density at radius 3 is 2.83 bits per heavy atom. The molecule has 1 aromatic carbocycles. The molecule has 4 nitrogen and oxygen atoms in total. The van der Waals surface area contributed by atoms with Gasteiger partial charge in [0.25, 0.3) is 0 Å². The number of fused-ring (bicyclic) bond motifs is 3. The van der Waals surface area contributed by atoms with E-state index in [-0.39, 0.29) is 0 Å². The first-order chi connectivity index (χ1) is 11.9. The number of nitrogens with zero attached hydrogens (tertiary/aromatic N) is 2. The van der Waals surface area contributed by atoms with Crippen molar-refractivity contribution in [3.63, 3.8) is 0 Å². The zero-order valence-electron chi connectivity index (χ0n) is 14.9. The normalized spacial score (nSPS) is 27.7. The molecule has 2 unspecified atom stereocenters. The lowest BCUT2D eigenvalue weighted by Gasteiger charge is -2.34. The molecule has 0 N–H and O–H groups in total. The van der Waals surface area contributed by atoms with Crippen LogP contribution in [0.15, 0.2) is 18.2 Å². The van der Waals surface area contributed by atoms with Gasteiger partial charge in [0, 0.05) is 25.0 Å². The van der Waals surface area contributed by atoms with Gasteiger partial charge in [-0.25, -0.2) is 0 Å². The minimum Gasteiger partial charge on any atom is -0.496 e. The van der Waals surface area contributed by atoms with Gasteiger partial charge in [0.05, 0.1) is 20.3 Å². The van der Waals surface area contributed by atoms with E-state index in [0.717, 1.165) is 38.1 Å². The summed E-state index contributed by atoms with van der Waals surface area (Å²) in [7, 11) is 1.80. The Balaban J connectivity index is 1.35. The minimum absolute atomic E-state index is 0.715. The van der Waals surface area contributed by atoms with Gasteiger partial charge in [0.1, 0.15) is 5.75 Å². The topological polar surface area (TPSA) is 24.9 Å². The van der Waals surface area contributed by atoms with Gasteiger partial charge in [-0.3, -0.25) is 9.80 Å². The molecule has 1 aromatic rings. The van der Waals surface area contributed by atoms with Gasteiger partial charge in [-0.05, 0) is 62.5 Å². The second kappa shape index (κ2) is 7.42. The second-order valence-electron chi connectivity index (χ2n) is 7.37. The number of benzene rings is 1. The van der Waals surface area contributed by atoms with E-state index in [4.69, 9.17) is 9.47 Å². The van der Waals surface area contributed by atoms with Gasteiger partial charge < -0.3 is 9.47 Å². The van der Waals surface area contributed by atoms with Crippen molar-refractivity contribution in [1.82, 2.24) is 9.80 Å². The summed E-state index contributed by atoms with van der Waals surface area (Å²) in [6.07, 6.45) is 5.05. The van der Waals surface area contributed by atoms with E-state index < -0.39 is 0 Å². The van der Waals surface area contributed by atoms with Crippen LogP contribution in [0.3, 0.4) is 0 Å². The number of rotatable bonds is 5. The van der Waals surface area contributed by atoms with Gasteiger partial charge in [-0.1, -0.05) is 12.1 Å². The van der Waals surface area contributed by atoms with Gasteiger partial charge in [-0.15, -0.1) is 0 Å². The number of hydrogen-bond acceptors (Lipinski definition) is 4. The number of morpholine rings is 1. The van der Waals surface area contributed by atoms with Crippen molar-refractivity contribution in [1.29, 1.82) is 0 Å². The van der Waals surface area contributed by atoms with Gasteiger partial charge >= 0.3 is 0 Å². The SMILES string of the molecule is COc1cccc2c1CCC1C2CCN1CCCN1CCOCC1. The Hall–Kier alpha value is -1.10. The lowest BCUT2D eigenvalue weighted by atomic mass is 9.79. The Labute approximate surface area is 145 Å². The summed E-state index contributed by atoms with van der Waals surface area (Å²) in [5, 5.41) is 0. The maximum atomic E-state index is 5.59. The van der Waals surface area contributed by atoms with E-state index in [0.29, 0.717) is 5.92 Å². The highest BCUT2D eigenvalue weighted by Gasteiger charge is 2.38. The van der Waals surface area contributed by atoms with E-state index in [1.54, 1.807) is 12.7 Å². The van der Waals surface area contributed by atoms with Crippen LogP contribution >= 0.6 is 0 Å². The standard InChI is InChI=1S/C20H30N2O2/c1-23-20-5-2-4-16-17-8-11-22(19(17)7-6-18(16)20)10-3-9-21-12-14-24-15-13-21/h2,4-5,17,19H,3,6-15H2,1H3. The number of ether oxygens (including phenoxy) is 2. The van der Waals surface area contributed by atoms with Crippen LogP contribution < -0.4 is 4.74 Å². The molecule has 4 heteroatoms. The van der Waals surface area contributed by atoms with Gasteiger partial charge in [0.2, 0.25) is 0 Å². The van der Waals surface area contributed by atoms with Crippen LogP contribution in [0.4, 0.5) is 0 Å². The number of likely N-dealkylation sites (tertiary alicyclic amines) is 1. The van der Waals surface area contributed by atoms with Crippen LogP contribution in [0.5, 0.6) is 5.75 Å². The highest BCUT2D eigenvalue weighted by Crippen LogP contribution is 2.44. The number of methoxy groups -OCH3 is 1. The first kappa shape index (κ1) is 16.4. The van der Waals surface area contributed by atoms with Crippen molar-refractivity contribution in [2.75, 3.05) is 53.0 Å². The van der Waals surface area contributed by atoms with Crippen LogP contribution in [-0.2, 0) is 11.2 Å². The molecule has 2 saturated heterocycles. The summed E-state index contributed by atoms with van der Waals surface area (Å²) in [4.78, 5) is 5.31. The molecule has 2 atom stereocenters. The summed E-state index contributed by atoms with van der Waals surface area (Å²) in [5.41, 5.74) is 3.03.